The molecule has 1 aliphatic heterocycles. The molecule has 68 valence electrons. The average Bonchev–Trinajstić information content (AvgIpc) is 2.36. The highest BCUT2D eigenvalue weighted by Crippen LogP contribution is 2.11. The fraction of sp³-hybridized carbons (Fsp3) is 0.222. The molecule has 13 heavy (non-hydrogen) atoms. The van der Waals surface area contributed by atoms with Gasteiger partial charge in [-0.25, -0.2) is 4.79 Å². The van der Waals surface area contributed by atoms with E-state index in [9.17, 15) is 4.79 Å². The summed E-state index contributed by atoms with van der Waals surface area (Å²) in [5, 5.41) is 11.9. The molecule has 2 rings (SSSR count). The Morgan fingerprint density at radius 2 is 2.38 bits per heavy atom. The number of hydrogen-bond acceptors (Lipinski definition) is 2. The molecule has 0 atom stereocenters. The summed E-state index contributed by atoms with van der Waals surface area (Å²) in [6.07, 6.45) is 3.75. The van der Waals surface area contributed by atoms with Crippen LogP contribution in [0.4, 0.5) is 0 Å². The second kappa shape index (κ2) is 2.97. The highest BCUT2D eigenvalue weighted by molar-refractivity contribution is 5.86. The second-order valence-electron chi connectivity index (χ2n) is 2.91. The van der Waals surface area contributed by atoms with Gasteiger partial charge in [0.25, 0.3) is 0 Å². The fourth-order valence-electron chi connectivity index (χ4n) is 1.47. The van der Waals surface area contributed by atoms with Crippen LogP contribution in [0.25, 0.3) is 0 Å². The van der Waals surface area contributed by atoms with Crippen LogP contribution in [0.5, 0.6) is 0 Å². The number of rotatable bonds is 1. The predicted molar refractivity (Wildman–Crippen MR) is 47.4 cm³/mol. The van der Waals surface area contributed by atoms with Gasteiger partial charge in [0.15, 0.2) is 0 Å². The summed E-state index contributed by atoms with van der Waals surface area (Å²) in [6.45, 7) is 1.31. The van der Waals surface area contributed by atoms with Gasteiger partial charge in [-0.2, -0.15) is 0 Å². The molecule has 1 aliphatic rings. The lowest BCUT2D eigenvalue weighted by Gasteiger charge is -2.05. The summed E-state index contributed by atoms with van der Waals surface area (Å²) in [7, 11) is 0. The monoisotopic (exact) mass is 178 g/mol. The van der Waals surface area contributed by atoms with Crippen LogP contribution in [0.1, 0.15) is 16.2 Å². The Morgan fingerprint density at radius 3 is 3.15 bits per heavy atom. The van der Waals surface area contributed by atoms with Crippen LogP contribution < -0.4 is 5.32 Å². The predicted octanol–water partition coefficient (Wildman–Crippen LogP) is 0.803. The van der Waals surface area contributed by atoms with Gasteiger partial charge in [-0.15, -0.1) is 0 Å². The maximum atomic E-state index is 10.8. The zero-order valence-corrected chi connectivity index (χ0v) is 7.03. The van der Waals surface area contributed by atoms with E-state index < -0.39 is 5.97 Å². The van der Waals surface area contributed by atoms with Gasteiger partial charge >= 0.3 is 5.97 Å². The molecule has 0 aliphatic carbocycles. The number of aromatic nitrogens is 1. The van der Waals surface area contributed by atoms with Gasteiger partial charge in [0.05, 0.1) is 6.54 Å². The molecule has 1 aromatic rings. The Kier molecular flexibility index (Phi) is 1.81. The van der Waals surface area contributed by atoms with Gasteiger partial charge in [-0.3, -0.25) is 0 Å². The molecule has 0 radical (unpaired) electrons. The van der Waals surface area contributed by atoms with Crippen molar-refractivity contribution in [2.24, 2.45) is 0 Å². The van der Waals surface area contributed by atoms with Crippen molar-refractivity contribution in [3.05, 3.63) is 35.8 Å². The summed E-state index contributed by atoms with van der Waals surface area (Å²) >= 11 is 0. The highest BCUT2D eigenvalue weighted by Gasteiger charge is 2.13. The SMILES string of the molecule is O=C(O)c1ccc2n1CC=CNC2. The van der Waals surface area contributed by atoms with Crippen molar-refractivity contribution in [2.45, 2.75) is 13.1 Å². The van der Waals surface area contributed by atoms with E-state index in [0.717, 1.165) is 5.69 Å². The Hall–Kier alpha value is -1.71. The number of carbonyl (C=O) groups is 1. The van der Waals surface area contributed by atoms with E-state index in [1.165, 1.54) is 0 Å². The topological polar surface area (TPSA) is 54.3 Å². The number of hydrogen-bond donors (Lipinski definition) is 2. The summed E-state index contributed by atoms with van der Waals surface area (Å²) in [4.78, 5) is 10.8. The summed E-state index contributed by atoms with van der Waals surface area (Å²) in [6, 6.07) is 3.47. The van der Waals surface area contributed by atoms with Crippen LogP contribution in [0.15, 0.2) is 24.4 Å². The van der Waals surface area contributed by atoms with E-state index in [0.29, 0.717) is 18.8 Å². The summed E-state index contributed by atoms with van der Waals surface area (Å²) < 4.78 is 1.79. The molecule has 0 amide bonds. The number of nitrogens with one attached hydrogen (secondary N) is 1. The Balaban J connectivity index is 2.45. The first-order valence-electron chi connectivity index (χ1n) is 4.09. The maximum Gasteiger partial charge on any atom is 0.352 e. The third-order valence-electron chi connectivity index (χ3n) is 2.10. The third kappa shape index (κ3) is 1.30. The average molecular weight is 178 g/mol. The van der Waals surface area contributed by atoms with Crippen molar-refractivity contribution in [1.29, 1.82) is 0 Å². The number of aromatic carboxylic acids is 1. The summed E-state index contributed by atoms with van der Waals surface area (Å²) in [5.41, 5.74) is 1.35. The number of nitrogens with zero attached hydrogens (tertiary/aromatic N) is 1. The molecule has 0 fully saturated rings. The van der Waals surface area contributed by atoms with E-state index in [1.807, 2.05) is 18.3 Å². The number of allylic oxidation sites excluding steroid dienone is 1. The molecule has 0 aromatic carbocycles. The molecule has 1 aromatic heterocycles. The van der Waals surface area contributed by atoms with Crippen molar-refractivity contribution in [2.75, 3.05) is 0 Å². The molecule has 4 heteroatoms. The molecule has 0 unspecified atom stereocenters. The summed E-state index contributed by atoms with van der Waals surface area (Å²) in [5.74, 6) is -0.874. The third-order valence-corrected chi connectivity index (χ3v) is 2.10. The lowest BCUT2D eigenvalue weighted by Crippen LogP contribution is -2.11. The van der Waals surface area contributed by atoms with Gasteiger partial charge in [-0.05, 0) is 24.4 Å². The zero-order valence-electron chi connectivity index (χ0n) is 7.03. The zero-order chi connectivity index (χ0) is 9.26. The van der Waals surface area contributed by atoms with E-state index in [1.54, 1.807) is 10.6 Å². The Morgan fingerprint density at radius 1 is 1.54 bits per heavy atom. The molecular weight excluding hydrogens is 168 g/mol. The molecule has 0 saturated heterocycles. The molecule has 2 heterocycles. The molecule has 2 N–H and O–H groups in total. The van der Waals surface area contributed by atoms with E-state index in [4.69, 9.17) is 5.11 Å². The van der Waals surface area contributed by atoms with Crippen LogP contribution in [0.3, 0.4) is 0 Å². The smallest absolute Gasteiger partial charge is 0.352 e. The van der Waals surface area contributed by atoms with Crippen molar-refractivity contribution in [1.82, 2.24) is 9.88 Å². The fourth-order valence-corrected chi connectivity index (χ4v) is 1.47. The van der Waals surface area contributed by atoms with Gasteiger partial charge in [0, 0.05) is 12.2 Å². The highest BCUT2D eigenvalue weighted by atomic mass is 16.4. The van der Waals surface area contributed by atoms with Crippen LogP contribution in [-0.4, -0.2) is 15.6 Å². The number of carboxylic acid groups (broad SMARTS) is 1. The minimum absolute atomic E-state index is 0.350. The number of fused-ring (bicyclic) bond motifs is 1. The number of carboxylic acids is 1. The van der Waals surface area contributed by atoms with Crippen molar-refractivity contribution < 1.29 is 9.90 Å². The molecule has 0 saturated carbocycles. The van der Waals surface area contributed by atoms with Crippen molar-refractivity contribution >= 4 is 5.97 Å². The Labute approximate surface area is 75.5 Å². The molecule has 4 nitrogen and oxygen atoms in total. The first-order valence-corrected chi connectivity index (χ1v) is 4.09. The maximum absolute atomic E-state index is 10.8. The van der Waals surface area contributed by atoms with Crippen LogP contribution in [-0.2, 0) is 13.1 Å². The molecule has 0 bridgehead atoms. The minimum Gasteiger partial charge on any atom is -0.477 e. The molecular formula is C9H10N2O2. The van der Waals surface area contributed by atoms with E-state index in [-0.39, 0.29) is 0 Å². The minimum atomic E-state index is -0.874. The van der Waals surface area contributed by atoms with Crippen LogP contribution in [0, 0.1) is 0 Å². The standard InChI is InChI=1S/C9H10N2O2/c12-9(13)8-3-2-7-6-10-4-1-5-11(7)8/h1-4,10H,5-6H2,(H,12,13). The van der Waals surface area contributed by atoms with E-state index in [2.05, 4.69) is 5.32 Å². The van der Waals surface area contributed by atoms with Crippen molar-refractivity contribution in [3.63, 3.8) is 0 Å². The van der Waals surface area contributed by atoms with Gasteiger partial charge in [0.1, 0.15) is 5.69 Å². The lowest BCUT2D eigenvalue weighted by molar-refractivity contribution is 0.0685. The largest absolute Gasteiger partial charge is 0.477 e. The van der Waals surface area contributed by atoms with Crippen LogP contribution in [0.2, 0.25) is 0 Å². The van der Waals surface area contributed by atoms with Gasteiger partial charge < -0.3 is 15.0 Å². The first-order chi connectivity index (χ1) is 6.29. The normalized spacial score (nSPS) is 14.5. The van der Waals surface area contributed by atoms with E-state index >= 15 is 0 Å². The van der Waals surface area contributed by atoms with Gasteiger partial charge in [0.2, 0.25) is 0 Å². The lowest BCUT2D eigenvalue weighted by atomic mass is 10.4. The van der Waals surface area contributed by atoms with Crippen LogP contribution >= 0.6 is 0 Å². The molecule has 0 spiro atoms. The first kappa shape index (κ1) is 7.91. The quantitative estimate of drug-likeness (QED) is 0.668. The van der Waals surface area contributed by atoms with Gasteiger partial charge in [-0.1, -0.05) is 0 Å². The van der Waals surface area contributed by atoms with Crippen molar-refractivity contribution in [3.8, 4) is 0 Å². The Bertz CT molecular complexity index is 366. The second-order valence-corrected chi connectivity index (χ2v) is 2.91.